The summed E-state index contributed by atoms with van der Waals surface area (Å²) in [6.07, 6.45) is 1.13. The number of sulfonamides is 1. The van der Waals surface area contributed by atoms with Crippen molar-refractivity contribution >= 4 is 39.2 Å². The molecule has 0 heterocycles. The quantitative estimate of drug-likeness (QED) is 0.474. The van der Waals surface area contributed by atoms with E-state index in [1.54, 1.807) is 42.5 Å². The maximum atomic E-state index is 12.9. The SMILES string of the molecule is COC(=O)c1ccc(C(=O)OC)c(NC(=O)c2ccc(CN(c3ccccc3)S(C)(=O)=O)cc2)c1. The molecule has 0 spiro atoms. The highest BCUT2D eigenvalue weighted by Crippen LogP contribution is 2.22. The van der Waals surface area contributed by atoms with Crippen molar-refractivity contribution in [2.24, 2.45) is 0 Å². The van der Waals surface area contributed by atoms with Gasteiger partial charge in [-0.1, -0.05) is 30.3 Å². The second-order valence-electron chi connectivity index (χ2n) is 7.50. The molecule has 3 rings (SSSR count). The number of nitrogens with zero attached hydrogens (tertiary/aromatic N) is 1. The molecule has 0 fully saturated rings. The van der Waals surface area contributed by atoms with Gasteiger partial charge in [0.1, 0.15) is 0 Å². The number of methoxy groups -OCH3 is 2. The second-order valence-corrected chi connectivity index (χ2v) is 9.41. The molecule has 0 saturated heterocycles. The van der Waals surface area contributed by atoms with Crippen LogP contribution in [0.25, 0.3) is 0 Å². The zero-order chi connectivity index (χ0) is 25.6. The van der Waals surface area contributed by atoms with Crippen molar-refractivity contribution in [2.45, 2.75) is 6.54 Å². The first-order valence-corrected chi connectivity index (χ1v) is 12.2. The standard InChI is InChI=1S/C25H24N2O7S/c1-33-24(29)19-13-14-21(25(30)34-2)22(15-19)26-23(28)18-11-9-17(10-12-18)16-27(35(3,31)32)20-7-5-4-6-8-20/h4-15H,16H2,1-3H3,(H,26,28). The van der Waals surface area contributed by atoms with Gasteiger partial charge in [-0.25, -0.2) is 18.0 Å². The Hall–Kier alpha value is -4.18. The number of anilines is 2. The Morgan fingerprint density at radius 1 is 0.829 bits per heavy atom. The lowest BCUT2D eigenvalue weighted by Crippen LogP contribution is -2.29. The number of carbonyl (C=O) groups is 3. The molecule has 3 aromatic rings. The third-order valence-corrected chi connectivity index (χ3v) is 6.22. The zero-order valence-electron chi connectivity index (χ0n) is 19.3. The summed E-state index contributed by atoms with van der Waals surface area (Å²) in [6.45, 7) is 0.0818. The summed E-state index contributed by atoms with van der Waals surface area (Å²) in [6, 6.07) is 19.1. The molecular weight excluding hydrogens is 472 g/mol. The van der Waals surface area contributed by atoms with Crippen molar-refractivity contribution in [3.05, 3.63) is 95.1 Å². The minimum absolute atomic E-state index is 0.0665. The predicted molar refractivity (Wildman–Crippen MR) is 131 cm³/mol. The molecule has 0 aromatic heterocycles. The van der Waals surface area contributed by atoms with Crippen LogP contribution < -0.4 is 9.62 Å². The largest absolute Gasteiger partial charge is 0.465 e. The van der Waals surface area contributed by atoms with Crippen LogP contribution in [0.15, 0.2) is 72.8 Å². The smallest absolute Gasteiger partial charge is 0.339 e. The van der Waals surface area contributed by atoms with E-state index >= 15 is 0 Å². The number of rotatable bonds is 8. The van der Waals surface area contributed by atoms with Crippen LogP contribution in [0.5, 0.6) is 0 Å². The molecule has 10 heteroatoms. The van der Waals surface area contributed by atoms with Crippen molar-refractivity contribution in [3.63, 3.8) is 0 Å². The van der Waals surface area contributed by atoms with Crippen LogP contribution in [0, 0.1) is 0 Å². The molecule has 0 radical (unpaired) electrons. The number of nitrogens with one attached hydrogen (secondary N) is 1. The van der Waals surface area contributed by atoms with E-state index in [2.05, 4.69) is 5.32 Å². The summed E-state index contributed by atoms with van der Waals surface area (Å²) >= 11 is 0. The Kier molecular flexibility index (Phi) is 7.87. The summed E-state index contributed by atoms with van der Waals surface area (Å²) in [4.78, 5) is 36.8. The van der Waals surface area contributed by atoms with E-state index in [0.29, 0.717) is 11.3 Å². The molecule has 35 heavy (non-hydrogen) atoms. The molecule has 3 aromatic carbocycles. The Bertz CT molecular complexity index is 1340. The lowest BCUT2D eigenvalue weighted by molar-refractivity contribution is 0.0587. The lowest BCUT2D eigenvalue weighted by Gasteiger charge is -2.22. The first kappa shape index (κ1) is 25.4. The van der Waals surface area contributed by atoms with Crippen LogP contribution in [0.4, 0.5) is 11.4 Å². The molecule has 182 valence electrons. The lowest BCUT2D eigenvalue weighted by atomic mass is 10.1. The van der Waals surface area contributed by atoms with Crippen molar-refractivity contribution in [1.82, 2.24) is 0 Å². The number of hydrogen-bond donors (Lipinski definition) is 1. The van der Waals surface area contributed by atoms with Gasteiger partial charge in [-0.05, 0) is 48.0 Å². The molecule has 1 N–H and O–H groups in total. The number of benzene rings is 3. The van der Waals surface area contributed by atoms with Crippen LogP contribution in [0.2, 0.25) is 0 Å². The Labute approximate surface area is 203 Å². The summed E-state index contributed by atoms with van der Waals surface area (Å²) in [5, 5.41) is 2.62. The van der Waals surface area contributed by atoms with Gasteiger partial charge in [0, 0.05) is 5.56 Å². The van der Waals surface area contributed by atoms with Crippen molar-refractivity contribution in [2.75, 3.05) is 30.1 Å². The van der Waals surface area contributed by atoms with Crippen molar-refractivity contribution in [3.8, 4) is 0 Å². The first-order chi connectivity index (χ1) is 16.6. The van der Waals surface area contributed by atoms with Crippen LogP contribution in [-0.4, -0.2) is 46.7 Å². The molecule has 9 nitrogen and oxygen atoms in total. The molecule has 0 saturated carbocycles. The highest BCUT2D eigenvalue weighted by atomic mass is 32.2. The average molecular weight is 497 g/mol. The highest BCUT2D eigenvalue weighted by molar-refractivity contribution is 7.92. The third-order valence-electron chi connectivity index (χ3n) is 5.08. The van der Waals surface area contributed by atoms with Crippen LogP contribution in [0.3, 0.4) is 0 Å². The van der Waals surface area contributed by atoms with E-state index in [0.717, 1.165) is 6.26 Å². The molecule has 0 aliphatic carbocycles. The van der Waals surface area contributed by atoms with Gasteiger partial charge < -0.3 is 14.8 Å². The summed E-state index contributed by atoms with van der Waals surface area (Å²) < 4.78 is 35.3. The van der Waals surface area contributed by atoms with Gasteiger partial charge in [0.05, 0.1) is 49.5 Å². The minimum Gasteiger partial charge on any atom is -0.465 e. The van der Waals surface area contributed by atoms with Gasteiger partial charge in [0.15, 0.2) is 0 Å². The van der Waals surface area contributed by atoms with E-state index < -0.39 is 27.9 Å². The summed E-state index contributed by atoms with van der Waals surface area (Å²) in [5.74, 6) is -1.85. The monoisotopic (exact) mass is 496 g/mol. The normalized spacial score (nSPS) is 10.8. The Morgan fingerprint density at radius 3 is 2.00 bits per heavy atom. The second kappa shape index (κ2) is 10.8. The molecule has 0 bridgehead atoms. The number of esters is 2. The number of para-hydroxylation sites is 1. The number of ether oxygens (including phenoxy) is 2. The van der Waals surface area contributed by atoms with Crippen molar-refractivity contribution in [1.29, 1.82) is 0 Å². The van der Waals surface area contributed by atoms with Gasteiger partial charge in [-0.3, -0.25) is 9.10 Å². The maximum absolute atomic E-state index is 12.9. The van der Waals surface area contributed by atoms with Crippen LogP contribution in [-0.2, 0) is 26.0 Å². The van der Waals surface area contributed by atoms with Gasteiger partial charge >= 0.3 is 11.9 Å². The van der Waals surface area contributed by atoms with Gasteiger partial charge in [0.2, 0.25) is 10.0 Å². The van der Waals surface area contributed by atoms with E-state index in [4.69, 9.17) is 9.47 Å². The Morgan fingerprint density at radius 2 is 1.43 bits per heavy atom. The van der Waals surface area contributed by atoms with E-state index in [1.165, 1.54) is 48.9 Å². The van der Waals surface area contributed by atoms with E-state index in [9.17, 15) is 22.8 Å². The zero-order valence-corrected chi connectivity index (χ0v) is 20.2. The van der Waals surface area contributed by atoms with Crippen molar-refractivity contribution < 1.29 is 32.3 Å². The predicted octanol–water partition coefficient (Wildman–Crippen LogP) is 3.48. The number of carbonyl (C=O) groups excluding carboxylic acids is 3. The molecule has 0 atom stereocenters. The molecule has 0 unspecified atom stereocenters. The maximum Gasteiger partial charge on any atom is 0.339 e. The van der Waals surface area contributed by atoms with Crippen LogP contribution >= 0.6 is 0 Å². The van der Waals surface area contributed by atoms with E-state index in [-0.39, 0.29) is 28.9 Å². The van der Waals surface area contributed by atoms with Gasteiger partial charge in [0.25, 0.3) is 5.91 Å². The topological polar surface area (TPSA) is 119 Å². The van der Waals surface area contributed by atoms with Crippen LogP contribution in [0.1, 0.15) is 36.6 Å². The summed E-state index contributed by atoms with van der Waals surface area (Å²) in [5.41, 5.74) is 1.75. The van der Waals surface area contributed by atoms with E-state index in [1.807, 2.05) is 0 Å². The molecule has 0 aliphatic rings. The summed E-state index contributed by atoms with van der Waals surface area (Å²) in [7, 11) is -1.11. The third kappa shape index (κ3) is 6.24. The molecule has 1 amide bonds. The molecule has 0 aliphatic heterocycles. The number of amides is 1. The highest BCUT2D eigenvalue weighted by Gasteiger charge is 2.20. The van der Waals surface area contributed by atoms with Gasteiger partial charge in [-0.2, -0.15) is 0 Å². The fourth-order valence-electron chi connectivity index (χ4n) is 3.30. The first-order valence-electron chi connectivity index (χ1n) is 10.4. The number of hydrogen-bond acceptors (Lipinski definition) is 7. The minimum atomic E-state index is -3.54. The Balaban J connectivity index is 1.83. The van der Waals surface area contributed by atoms with Gasteiger partial charge in [-0.15, -0.1) is 0 Å². The average Bonchev–Trinajstić information content (AvgIpc) is 2.86. The fourth-order valence-corrected chi connectivity index (χ4v) is 4.18. The fraction of sp³-hybridized carbons (Fsp3) is 0.160. The molecular formula is C25H24N2O7S.